The summed E-state index contributed by atoms with van der Waals surface area (Å²) in [5.74, 6) is -1.39. The molecule has 0 fully saturated rings. The third-order valence-corrected chi connectivity index (χ3v) is 3.66. The highest BCUT2D eigenvalue weighted by molar-refractivity contribution is 6.40. The van der Waals surface area contributed by atoms with Crippen LogP contribution in [0.15, 0.2) is 60.8 Å². The minimum Gasteiger partial charge on any atom is -0.344 e. The molecule has 0 bridgehead atoms. The van der Waals surface area contributed by atoms with Gasteiger partial charge in [0.05, 0.1) is 11.2 Å². The number of benzene rings is 2. The van der Waals surface area contributed by atoms with Crippen molar-refractivity contribution in [2.24, 2.45) is 0 Å². The number of nitrogens with zero attached hydrogens (tertiary/aromatic N) is 1. The van der Waals surface area contributed by atoms with Gasteiger partial charge in [-0.15, -0.1) is 0 Å². The average Bonchev–Trinajstić information content (AvgIpc) is 2.61. The van der Waals surface area contributed by atoms with E-state index in [0.29, 0.717) is 17.7 Å². The van der Waals surface area contributed by atoms with Crippen LogP contribution in [0.5, 0.6) is 0 Å². The fourth-order valence-corrected chi connectivity index (χ4v) is 2.35. The minimum absolute atomic E-state index is 0.306. The highest BCUT2D eigenvalue weighted by Gasteiger charge is 2.14. The Labute approximate surface area is 139 Å². The van der Waals surface area contributed by atoms with Crippen molar-refractivity contribution < 1.29 is 9.59 Å². The summed E-state index contributed by atoms with van der Waals surface area (Å²) in [7, 11) is 0. The molecule has 0 saturated heterocycles. The number of aryl methyl sites for hydroxylation is 1. The summed E-state index contributed by atoms with van der Waals surface area (Å²) in [5, 5.41) is 6.13. The van der Waals surface area contributed by atoms with Crippen LogP contribution in [0.1, 0.15) is 11.1 Å². The van der Waals surface area contributed by atoms with Crippen LogP contribution in [0.25, 0.3) is 10.9 Å². The normalized spacial score (nSPS) is 10.4. The third-order valence-electron chi connectivity index (χ3n) is 3.66. The number of pyridine rings is 1. The van der Waals surface area contributed by atoms with E-state index in [0.717, 1.165) is 16.5 Å². The number of rotatable bonds is 3. The van der Waals surface area contributed by atoms with E-state index in [1.165, 1.54) is 0 Å². The summed E-state index contributed by atoms with van der Waals surface area (Å²) in [4.78, 5) is 28.3. The maximum Gasteiger partial charge on any atom is 0.313 e. The lowest BCUT2D eigenvalue weighted by molar-refractivity contribution is -0.136. The molecular formula is C19H17N3O2. The van der Waals surface area contributed by atoms with E-state index in [9.17, 15) is 9.59 Å². The van der Waals surface area contributed by atoms with Crippen molar-refractivity contribution in [3.05, 3.63) is 71.9 Å². The van der Waals surface area contributed by atoms with Gasteiger partial charge in [-0.05, 0) is 24.6 Å². The zero-order valence-corrected chi connectivity index (χ0v) is 13.2. The lowest BCUT2D eigenvalue weighted by Gasteiger charge is -2.08. The van der Waals surface area contributed by atoms with Gasteiger partial charge in [-0.25, -0.2) is 0 Å². The fourth-order valence-electron chi connectivity index (χ4n) is 2.35. The molecule has 5 heteroatoms. The van der Waals surface area contributed by atoms with Gasteiger partial charge in [0, 0.05) is 18.1 Å². The van der Waals surface area contributed by atoms with Gasteiger partial charge < -0.3 is 10.6 Å². The summed E-state index contributed by atoms with van der Waals surface area (Å²) in [5.41, 5.74) is 3.25. The highest BCUT2D eigenvalue weighted by atomic mass is 16.2. The molecule has 3 aromatic rings. The largest absolute Gasteiger partial charge is 0.344 e. The number of hydrogen-bond acceptors (Lipinski definition) is 3. The Balaban J connectivity index is 1.65. The number of anilines is 1. The second-order valence-electron chi connectivity index (χ2n) is 5.50. The number of nitrogens with one attached hydrogen (secondary N) is 2. The van der Waals surface area contributed by atoms with Crippen LogP contribution in [0, 0.1) is 6.92 Å². The maximum atomic E-state index is 12.1. The van der Waals surface area contributed by atoms with Gasteiger partial charge in [-0.2, -0.15) is 0 Å². The molecule has 0 aliphatic rings. The average molecular weight is 319 g/mol. The molecule has 2 aromatic carbocycles. The minimum atomic E-state index is -0.708. The molecule has 5 nitrogen and oxygen atoms in total. The number of amides is 2. The monoisotopic (exact) mass is 319 g/mol. The topological polar surface area (TPSA) is 71.1 Å². The van der Waals surface area contributed by atoms with Crippen molar-refractivity contribution in [2.75, 3.05) is 5.32 Å². The molecule has 0 aliphatic carbocycles. The molecule has 24 heavy (non-hydrogen) atoms. The Morgan fingerprint density at radius 3 is 2.50 bits per heavy atom. The lowest BCUT2D eigenvalue weighted by Crippen LogP contribution is -2.35. The maximum absolute atomic E-state index is 12.1. The van der Waals surface area contributed by atoms with E-state index >= 15 is 0 Å². The second-order valence-corrected chi connectivity index (χ2v) is 5.50. The van der Waals surface area contributed by atoms with Crippen LogP contribution < -0.4 is 10.6 Å². The van der Waals surface area contributed by atoms with Gasteiger partial charge in [0.15, 0.2) is 0 Å². The number of carbonyl (C=O) groups is 2. The Morgan fingerprint density at radius 2 is 1.71 bits per heavy atom. The van der Waals surface area contributed by atoms with Crippen molar-refractivity contribution in [3.63, 3.8) is 0 Å². The van der Waals surface area contributed by atoms with Crippen molar-refractivity contribution in [3.8, 4) is 0 Å². The molecule has 1 heterocycles. The zero-order chi connectivity index (χ0) is 16.9. The van der Waals surface area contributed by atoms with Gasteiger partial charge in [0.2, 0.25) is 0 Å². The van der Waals surface area contributed by atoms with Gasteiger partial charge in [-0.3, -0.25) is 14.6 Å². The first kappa shape index (κ1) is 15.7. The first-order chi connectivity index (χ1) is 11.6. The van der Waals surface area contributed by atoms with E-state index < -0.39 is 11.8 Å². The smallest absolute Gasteiger partial charge is 0.313 e. The van der Waals surface area contributed by atoms with E-state index in [4.69, 9.17) is 0 Å². The lowest BCUT2D eigenvalue weighted by atomic mass is 10.1. The molecule has 0 spiro atoms. The van der Waals surface area contributed by atoms with E-state index in [2.05, 4.69) is 15.6 Å². The predicted molar refractivity (Wildman–Crippen MR) is 93.4 cm³/mol. The van der Waals surface area contributed by atoms with Crippen LogP contribution in [-0.4, -0.2) is 16.8 Å². The Bertz CT molecular complexity index is 883. The molecule has 0 aliphatic heterocycles. The van der Waals surface area contributed by atoms with E-state index in [1.54, 1.807) is 12.3 Å². The van der Waals surface area contributed by atoms with E-state index in [1.807, 2.05) is 55.5 Å². The Morgan fingerprint density at radius 1 is 0.958 bits per heavy atom. The summed E-state index contributed by atoms with van der Waals surface area (Å²) < 4.78 is 0. The Kier molecular flexibility index (Phi) is 4.52. The van der Waals surface area contributed by atoms with Crippen molar-refractivity contribution >= 4 is 28.4 Å². The molecule has 2 N–H and O–H groups in total. The van der Waals surface area contributed by atoms with Crippen LogP contribution >= 0.6 is 0 Å². The number of para-hydroxylation sites is 1. The molecule has 0 saturated carbocycles. The van der Waals surface area contributed by atoms with Crippen LogP contribution in [0.2, 0.25) is 0 Å². The SMILES string of the molecule is Cc1ccc(CNC(=O)C(=O)Nc2cccc3cccnc23)cc1. The first-order valence-electron chi connectivity index (χ1n) is 7.62. The fraction of sp³-hybridized carbons (Fsp3) is 0.105. The highest BCUT2D eigenvalue weighted by Crippen LogP contribution is 2.20. The van der Waals surface area contributed by atoms with Gasteiger partial charge in [0.1, 0.15) is 0 Å². The molecular weight excluding hydrogens is 302 g/mol. The van der Waals surface area contributed by atoms with Crippen LogP contribution in [-0.2, 0) is 16.1 Å². The summed E-state index contributed by atoms with van der Waals surface area (Å²) in [6.07, 6.45) is 1.65. The second kappa shape index (κ2) is 6.91. The molecule has 0 radical (unpaired) electrons. The standard InChI is InChI=1S/C19H17N3O2/c1-13-7-9-14(10-8-13)12-21-18(23)19(24)22-16-6-2-4-15-5-3-11-20-17(15)16/h2-11H,12H2,1H3,(H,21,23)(H,22,24). The van der Waals surface area contributed by atoms with Crippen LogP contribution in [0.4, 0.5) is 5.69 Å². The van der Waals surface area contributed by atoms with Crippen molar-refractivity contribution in [2.45, 2.75) is 13.5 Å². The Hall–Kier alpha value is -3.21. The number of carbonyl (C=O) groups excluding carboxylic acids is 2. The molecule has 1 aromatic heterocycles. The molecule has 2 amide bonds. The zero-order valence-electron chi connectivity index (χ0n) is 13.2. The molecule has 0 unspecified atom stereocenters. The summed E-state index contributed by atoms with van der Waals surface area (Å²) >= 11 is 0. The summed E-state index contributed by atoms with van der Waals surface area (Å²) in [6.45, 7) is 2.30. The van der Waals surface area contributed by atoms with Crippen molar-refractivity contribution in [1.29, 1.82) is 0 Å². The first-order valence-corrected chi connectivity index (χ1v) is 7.62. The number of fused-ring (bicyclic) bond motifs is 1. The quantitative estimate of drug-likeness (QED) is 0.729. The van der Waals surface area contributed by atoms with E-state index in [-0.39, 0.29) is 0 Å². The van der Waals surface area contributed by atoms with Gasteiger partial charge in [0.25, 0.3) is 0 Å². The van der Waals surface area contributed by atoms with Gasteiger partial charge >= 0.3 is 11.8 Å². The number of aromatic nitrogens is 1. The summed E-state index contributed by atoms with van der Waals surface area (Å²) in [6, 6.07) is 16.9. The third kappa shape index (κ3) is 3.57. The number of hydrogen-bond donors (Lipinski definition) is 2. The molecule has 0 atom stereocenters. The van der Waals surface area contributed by atoms with Crippen LogP contribution in [0.3, 0.4) is 0 Å². The molecule has 3 rings (SSSR count). The van der Waals surface area contributed by atoms with Gasteiger partial charge in [-0.1, -0.05) is 48.0 Å². The van der Waals surface area contributed by atoms with Crippen molar-refractivity contribution in [1.82, 2.24) is 10.3 Å². The predicted octanol–water partition coefficient (Wildman–Crippen LogP) is 2.80. The molecule has 120 valence electrons.